The number of nitrogens with zero attached hydrogens (tertiary/aromatic N) is 8. The number of likely N-dealkylation sites (tertiary alicyclic amines) is 4. The summed E-state index contributed by atoms with van der Waals surface area (Å²) < 4.78 is 2.09. The molecule has 4 aliphatic heterocycles. The van der Waals surface area contributed by atoms with Crippen LogP contribution < -0.4 is 21.3 Å². The Morgan fingerprint density at radius 1 is 0.545 bits per heavy atom. The van der Waals surface area contributed by atoms with Crippen molar-refractivity contribution in [1.29, 1.82) is 0 Å². The van der Waals surface area contributed by atoms with Gasteiger partial charge in [0.2, 0.25) is 5.95 Å². The molecule has 1 saturated carbocycles. The van der Waals surface area contributed by atoms with Gasteiger partial charge in [0.25, 0.3) is 29.5 Å². The van der Waals surface area contributed by atoms with E-state index in [4.69, 9.17) is 4.98 Å². The molecule has 5 aliphatic rings. The van der Waals surface area contributed by atoms with Crippen molar-refractivity contribution in [1.82, 2.24) is 49.7 Å². The number of unbranched alkanes of at least 4 members (excludes halogenated alkanes) is 3. The van der Waals surface area contributed by atoms with Crippen LogP contribution in [0.25, 0.3) is 11.0 Å². The van der Waals surface area contributed by atoms with E-state index < -0.39 is 0 Å². The van der Waals surface area contributed by atoms with Gasteiger partial charge in [-0.25, -0.2) is 4.98 Å². The molecule has 0 unspecified atom stereocenters. The van der Waals surface area contributed by atoms with Crippen LogP contribution in [0.4, 0.5) is 23.0 Å². The minimum absolute atomic E-state index is 0.00666. The molecule has 408 valence electrons. The van der Waals surface area contributed by atoms with E-state index in [1.54, 1.807) is 49.5 Å². The molecule has 0 radical (unpaired) electrons. The second-order valence-corrected chi connectivity index (χ2v) is 22.1. The molecule has 77 heavy (non-hydrogen) atoms. The van der Waals surface area contributed by atoms with Crippen molar-refractivity contribution in [3.05, 3.63) is 107 Å². The quantitative estimate of drug-likeness (QED) is 0.0581. The first-order valence-corrected chi connectivity index (χ1v) is 28.7. The predicted octanol–water partition coefficient (Wildman–Crippen LogP) is 8.86. The van der Waals surface area contributed by atoms with Gasteiger partial charge in [-0.05, 0) is 176 Å². The lowest BCUT2D eigenvalue weighted by Gasteiger charge is -2.37. The van der Waals surface area contributed by atoms with Crippen molar-refractivity contribution in [2.45, 2.75) is 121 Å². The molecular weight excluding hydrogens is 969 g/mol. The fourth-order valence-corrected chi connectivity index (χ4v) is 12.3. The van der Waals surface area contributed by atoms with Crippen molar-refractivity contribution in [2.24, 2.45) is 0 Å². The van der Waals surface area contributed by atoms with Gasteiger partial charge in [-0.3, -0.25) is 24.0 Å². The zero-order valence-electron chi connectivity index (χ0n) is 45.2. The van der Waals surface area contributed by atoms with Gasteiger partial charge in [-0.15, -0.1) is 0 Å². The number of anilines is 4. The van der Waals surface area contributed by atoms with Crippen LogP contribution in [0.3, 0.4) is 0 Å². The van der Waals surface area contributed by atoms with Crippen molar-refractivity contribution >= 4 is 63.6 Å². The van der Waals surface area contributed by atoms with Crippen LogP contribution in [0, 0.1) is 0 Å². The average Bonchev–Trinajstić information content (AvgIpc) is 4.39. The second kappa shape index (κ2) is 25.1. The zero-order valence-corrected chi connectivity index (χ0v) is 45.2. The molecule has 0 atom stereocenters. The molecule has 5 amide bonds. The van der Waals surface area contributed by atoms with E-state index in [2.05, 4.69) is 40.6 Å². The van der Waals surface area contributed by atoms with Crippen LogP contribution in [0.2, 0.25) is 0 Å². The maximum Gasteiger partial charge on any atom is 0.270 e. The first-order valence-electron chi connectivity index (χ1n) is 28.7. The number of piperidine rings is 2. The highest BCUT2D eigenvalue weighted by atomic mass is 16.2. The summed E-state index contributed by atoms with van der Waals surface area (Å²) in [6, 6.07) is 23.2. The van der Waals surface area contributed by atoms with E-state index in [9.17, 15) is 24.0 Å². The third-order valence-corrected chi connectivity index (χ3v) is 16.7. The second-order valence-electron chi connectivity index (χ2n) is 22.1. The van der Waals surface area contributed by atoms with Crippen molar-refractivity contribution < 1.29 is 24.0 Å². The average molecular weight is 1050 g/mol. The largest absolute Gasteiger partial charge is 0.355 e. The van der Waals surface area contributed by atoms with Crippen LogP contribution in [-0.4, -0.2) is 160 Å². The highest BCUT2D eigenvalue weighted by molar-refractivity contribution is 6.04. The predicted molar refractivity (Wildman–Crippen MR) is 302 cm³/mol. The lowest BCUT2D eigenvalue weighted by atomic mass is 10.00. The summed E-state index contributed by atoms with van der Waals surface area (Å²) in [6.07, 6.45) is 18.4. The Kier molecular flexibility index (Phi) is 17.4. The molecule has 6 heterocycles. The normalized spacial score (nSPS) is 18.0. The Balaban J connectivity index is 0.667. The summed E-state index contributed by atoms with van der Waals surface area (Å²) in [5.74, 6) is 0.0339. The smallest absolute Gasteiger partial charge is 0.270 e. The van der Waals surface area contributed by atoms with Gasteiger partial charge in [-0.2, -0.15) is 4.98 Å². The number of nitrogens with one attached hydrogen (secondary N) is 4. The van der Waals surface area contributed by atoms with Gasteiger partial charge in [0, 0.05) is 111 Å². The minimum atomic E-state index is -0.158. The zero-order chi connectivity index (χ0) is 53.3. The Morgan fingerprint density at radius 2 is 1.05 bits per heavy atom. The number of carbonyl (C=O) groups is 5. The van der Waals surface area contributed by atoms with Gasteiger partial charge in [-0.1, -0.05) is 25.7 Å². The summed E-state index contributed by atoms with van der Waals surface area (Å²) in [4.78, 5) is 87.6. The van der Waals surface area contributed by atoms with E-state index in [0.29, 0.717) is 77.8 Å². The lowest BCUT2D eigenvalue weighted by Crippen LogP contribution is -2.46. The van der Waals surface area contributed by atoms with E-state index >= 15 is 0 Å². The van der Waals surface area contributed by atoms with Crippen LogP contribution >= 0.6 is 0 Å². The van der Waals surface area contributed by atoms with Crippen molar-refractivity contribution in [2.75, 3.05) is 90.2 Å². The minimum Gasteiger partial charge on any atom is -0.355 e. The topological polar surface area (TPSA) is 180 Å². The SMILES string of the molecule is CN(C)C(=O)c1cc2cnc(Nc3ccc(C(=O)NCCCCCCNC(=O)c4ccc(Nc5cc(C(=O)N6CCC(N7CCCC7)CC6)ccc5C(=O)N5CCC(N6CCCC6)CC5)cc4)cc3)nc2n1C1CCCC1. The number of fused-ring (bicyclic) bond motifs is 1. The Labute approximate surface area is 453 Å². The molecule has 2 aromatic heterocycles. The number of hydrogen-bond acceptors (Lipinski definition) is 11. The van der Waals surface area contributed by atoms with E-state index in [1.165, 1.54) is 25.7 Å². The third kappa shape index (κ3) is 13.0. The molecule has 0 spiro atoms. The fraction of sp³-hybridized carbons (Fsp3) is 0.517. The van der Waals surface area contributed by atoms with Gasteiger partial charge in [0.15, 0.2) is 0 Å². The lowest BCUT2D eigenvalue weighted by molar-refractivity contribution is 0.0633. The molecule has 4 saturated heterocycles. The fourth-order valence-electron chi connectivity index (χ4n) is 12.3. The molecule has 17 nitrogen and oxygen atoms in total. The molecule has 5 fully saturated rings. The molecule has 4 N–H and O–H groups in total. The highest BCUT2D eigenvalue weighted by Crippen LogP contribution is 2.35. The first-order chi connectivity index (χ1) is 37.6. The monoisotopic (exact) mass is 1050 g/mol. The van der Waals surface area contributed by atoms with Crippen molar-refractivity contribution in [3.63, 3.8) is 0 Å². The first kappa shape index (κ1) is 53.5. The van der Waals surface area contributed by atoms with E-state index in [0.717, 1.165) is 139 Å². The summed E-state index contributed by atoms with van der Waals surface area (Å²) in [7, 11) is 3.53. The summed E-state index contributed by atoms with van der Waals surface area (Å²) >= 11 is 0. The summed E-state index contributed by atoms with van der Waals surface area (Å²) in [6.45, 7) is 8.59. The van der Waals surface area contributed by atoms with Crippen LogP contribution in [0.5, 0.6) is 0 Å². The number of amides is 5. The van der Waals surface area contributed by atoms with Crippen LogP contribution in [0.1, 0.15) is 161 Å². The number of benzene rings is 3. The molecule has 1 aliphatic carbocycles. The molecular formula is C60H78N12O5. The van der Waals surface area contributed by atoms with Crippen LogP contribution in [0.15, 0.2) is 79.0 Å². The van der Waals surface area contributed by atoms with Gasteiger partial charge in [0.1, 0.15) is 11.3 Å². The molecule has 3 aromatic carbocycles. The number of hydrogen-bond donors (Lipinski definition) is 4. The van der Waals surface area contributed by atoms with E-state index in [1.807, 2.05) is 58.3 Å². The highest BCUT2D eigenvalue weighted by Gasteiger charge is 2.32. The van der Waals surface area contributed by atoms with Crippen LogP contribution in [-0.2, 0) is 0 Å². The Morgan fingerprint density at radius 3 is 1.58 bits per heavy atom. The van der Waals surface area contributed by atoms with Gasteiger partial charge >= 0.3 is 0 Å². The molecule has 5 aromatic rings. The van der Waals surface area contributed by atoms with Gasteiger partial charge < -0.3 is 50.3 Å². The van der Waals surface area contributed by atoms with Gasteiger partial charge in [0.05, 0.1) is 11.3 Å². The van der Waals surface area contributed by atoms with Crippen molar-refractivity contribution in [3.8, 4) is 0 Å². The maximum atomic E-state index is 14.2. The third-order valence-electron chi connectivity index (χ3n) is 16.7. The summed E-state index contributed by atoms with van der Waals surface area (Å²) in [5, 5.41) is 13.6. The van der Waals surface area contributed by atoms with E-state index in [-0.39, 0.29) is 35.6 Å². The molecule has 10 rings (SSSR count). The number of aromatic nitrogens is 3. The molecule has 17 heteroatoms. The Hall–Kier alpha value is -6.85. The standard InChI is InChI=1S/C60H78N12O5/c1-67(2)59(77)53-40-45-41-63-60(66-54(45)72(53)50-13-5-6-14-50)65-47-22-17-43(18-23-47)56(74)62-30-8-4-3-7-29-61-55(73)42-15-20-46(21-16-42)64-52-39-44(57(75)70-35-25-48(26-36-70)68-31-9-10-32-68)19-24-51(52)58(76)71-37-27-49(28-38-71)69-33-11-12-34-69/h15-24,39-41,48-50,64H,3-14,25-38H2,1-2H3,(H,61,73)(H,62,74)(H,63,65,66). The maximum absolute atomic E-state index is 14.2. The number of rotatable bonds is 19. The molecule has 0 bridgehead atoms. The summed E-state index contributed by atoms with van der Waals surface area (Å²) in [5.41, 5.74) is 5.64. The number of carbonyl (C=O) groups excluding carboxylic acids is 5. The Bertz CT molecular complexity index is 2850.